The molecule has 8 rings (SSSR count). The first-order valence-electron chi connectivity index (χ1n) is 14.0. The Balaban J connectivity index is 1.21. The van der Waals surface area contributed by atoms with Crippen molar-refractivity contribution in [2.24, 2.45) is 4.99 Å². The monoisotopic (exact) mass is 530 g/mol. The van der Waals surface area contributed by atoms with Gasteiger partial charge in [0.25, 0.3) is 12.0 Å². The van der Waals surface area contributed by atoms with Crippen LogP contribution in [0.5, 0.6) is 5.75 Å². The van der Waals surface area contributed by atoms with Crippen LogP contribution in [0.2, 0.25) is 0 Å². The number of nitrogens with one attached hydrogen (secondary N) is 2. The van der Waals surface area contributed by atoms with Crippen LogP contribution in [0.15, 0.2) is 145 Å². The minimum atomic E-state index is -0.208. The lowest BCUT2D eigenvalue weighted by molar-refractivity contribution is 0.0234. The minimum absolute atomic E-state index is 0.0771. The molecule has 0 spiro atoms. The van der Waals surface area contributed by atoms with Crippen molar-refractivity contribution in [3.8, 4) is 5.75 Å². The van der Waals surface area contributed by atoms with Crippen molar-refractivity contribution in [1.29, 1.82) is 0 Å². The van der Waals surface area contributed by atoms with Crippen molar-refractivity contribution in [1.82, 2.24) is 5.32 Å². The third-order valence-electron chi connectivity index (χ3n) is 7.97. The second-order valence-electron chi connectivity index (χ2n) is 10.5. The summed E-state index contributed by atoms with van der Waals surface area (Å²) in [6, 6.07) is 46.7. The van der Waals surface area contributed by atoms with Gasteiger partial charge in [0.05, 0.1) is 16.7 Å². The fourth-order valence-corrected chi connectivity index (χ4v) is 5.92. The Bertz CT molecular complexity index is 1960. The lowest BCUT2D eigenvalue weighted by Crippen LogP contribution is -2.24. The molecule has 3 N–H and O–H groups in total. The number of aromatic hydroxyl groups is 1. The van der Waals surface area contributed by atoms with Gasteiger partial charge in [0.2, 0.25) is 0 Å². The Morgan fingerprint density at radius 3 is 2.05 bits per heavy atom. The SMILES string of the molecule is C1=C(c2ccccc2)NC(c2ccc3c(ccc4ccc5c(c43)[OH+]C(c3ccccc3)N5)c2)N=C1c1ccccc1. The quantitative estimate of drug-likeness (QED) is 0.136. The van der Waals surface area contributed by atoms with Gasteiger partial charge in [-0.2, -0.15) is 0 Å². The van der Waals surface area contributed by atoms with Gasteiger partial charge in [-0.25, -0.2) is 0 Å². The number of hydrogen-bond donors (Lipinski definition) is 2. The van der Waals surface area contributed by atoms with Gasteiger partial charge in [-0.1, -0.05) is 109 Å². The van der Waals surface area contributed by atoms with E-state index in [9.17, 15) is 0 Å². The predicted octanol–water partition coefficient (Wildman–Crippen LogP) is 8.49. The number of aliphatic hydroxyl groups is 1. The Morgan fingerprint density at radius 2 is 1.27 bits per heavy atom. The molecule has 6 aromatic carbocycles. The zero-order valence-corrected chi connectivity index (χ0v) is 22.3. The van der Waals surface area contributed by atoms with Crippen LogP contribution in [0.1, 0.15) is 34.6 Å². The maximum atomic E-state index is 5.17. The second kappa shape index (κ2) is 9.68. The molecular weight excluding hydrogens is 502 g/mol. The molecule has 0 amide bonds. The largest absolute Gasteiger partial charge is 0.560 e. The van der Waals surface area contributed by atoms with Gasteiger partial charge in [-0.15, -0.1) is 0 Å². The number of allylic oxidation sites excluding steroid dienone is 1. The molecule has 6 aromatic rings. The Morgan fingerprint density at radius 1 is 0.585 bits per heavy atom. The van der Waals surface area contributed by atoms with Crippen LogP contribution in [-0.4, -0.2) is 10.4 Å². The zero-order valence-electron chi connectivity index (χ0n) is 22.3. The van der Waals surface area contributed by atoms with E-state index in [1.165, 1.54) is 21.5 Å². The van der Waals surface area contributed by atoms with Crippen molar-refractivity contribution in [2.45, 2.75) is 12.4 Å². The van der Waals surface area contributed by atoms with Crippen molar-refractivity contribution < 1.29 is 4.74 Å². The van der Waals surface area contributed by atoms with Gasteiger partial charge >= 0.3 is 0 Å². The maximum Gasteiger partial charge on any atom is 0.289 e. The smallest absolute Gasteiger partial charge is 0.289 e. The molecule has 0 bridgehead atoms. The third kappa shape index (κ3) is 4.21. The number of nitrogens with zero attached hydrogens (tertiary/aromatic N) is 1. The van der Waals surface area contributed by atoms with Crippen LogP contribution >= 0.6 is 0 Å². The van der Waals surface area contributed by atoms with Crippen molar-refractivity contribution in [2.75, 3.05) is 5.32 Å². The van der Waals surface area contributed by atoms with Gasteiger partial charge in [-0.05, 0) is 63.2 Å². The van der Waals surface area contributed by atoms with E-state index in [-0.39, 0.29) is 12.4 Å². The molecule has 2 aliphatic heterocycles. The highest BCUT2D eigenvalue weighted by atomic mass is 16.5. The molecule has 2 heterocycles. The van der Waals surface area contributed by atoms with E-state index in [0.717, 1.165) is 45.1 Å². The number of ether oxygens (including phenoxy) is 1. The Labute approximate surface area is 238 Å². The van der Waals surface area contributed by atoms with Gasteiger partial charge in [0, 0.05) is 5.70 Å². The van der Waals surface area contributed by atoms with Crippen LogP contribution in [0.4, 0.5) is 5.69 Å². The average molecular weight is 531 g/mol. The van der Waals surface area contributed by atoms with E-state index < -0.39 is 0 Å². The van der Waals surface area contributed by atoms with Gasteiger partial charge < -0.3 is 10.1 Å². The highest BCUT2D eigenvalue weighted by molar-refractivity contribution is 6.14. The molecular formula is C37H28N3O+. The standard InChI is InChI=1S/C37H27N3O/c1-4-10-24(11-5-1)32-23-33(25-12-6-2-7-13-25)39-36(38-32)29-18-20-30-28(22-29)17-16-26-19-21-31-35(34(26)30)41-37(40-31)27-14-8-3-9-15-27/h1-23,36-38,40H/p+1. The fourth-order valence-electron chi connectivity index (χ4n) is 5.92. The summed E-state index contributed by atoms with van der Waals surface area (Å²) in [4.78, 5) is 5.17. The van der Waals surface area contributed by atoms with Gasteiger partial charge in [0.1, 0.15) is 11.9 Å². The van der Waals surface area contributed by atoms with Gasteiger partial charge in [-0.3, -0.25) is 10.3 Å². The summed E-state index contributed by atoms with van der Waals surface area (Å²) in [5.41, 5.74) is 7.65. The van der Waals surface area contributed by atoms with Crippen molar-refractivity contribution >= 4 is 38.6 Å². The molecule has 41 heavy (non-hydrogen) atoms. The highest BCUT2D eigenvalue weighted by Gasteiger charge is 2.31. The molecule has 2 unspecified atom stereocenters. The first kappa shape index (κ1) is 23.5. The van der Waals surface area contributed by atoms with Crippen LogP contribution in [0.3, 0.4) is 0 Å². The van der Waals surface area contributed by atoms with E-state index in [4.69, 9.17) is 9.73 Å². The minimum Gasteiger partial charge on any atom is -0.560 e. The summed E-state index contributed by atoms with van der Waals surface area (Å²) in [5, 5.41) is 12.1. The molecule has 196 valence electrons. The summed E-state index contributed by atoms with van der Waals surface area (Å²) in [7, 11) is 0. The molecule has 4 heteroatoms. The van der Waals surface area contributed by atoms with Gasteiger partial charge in [0.15, 0.2) is 0 Å². The number of aliphatic imine (C=N–C) groups is 1. The first-order chi connectivity index (χ1) is 20.3. The molecule has 0 radical (unpaired) electrons. The summed E-state index contributed by atoms with van der Waals surface area (Å²) in [6.07, 6.45) is 1.86. The molecule has 2 atom stereocenters. The van der Waals surface area contributed by atoms with E-state index in [2.05, 4.69) is 132 Å². The molecule has 0 saturated heterocycles. The van der Waals surface area contributed by atoms with Crippen LogP contribution in [0, 0.1) is 0 Å². The number of fused-ring (bicyclic) bond motifs is 5. The van der Waals surface area contributed by atoms with E-state index in [0.29, 0.717) is 0 Å². The number of rotatable bonds is 4. The first-order valence-corrected chi connectivity index (χ1v) is 14.0. The summed E-state index contributed by atoms with van der Waals surface area (Å²) in [6.45, 7) is 0. The van der Waals surface area contributed by atoms with E-state index in [1.807, 2.05) is 18.2 Å². The Hall–Kier alpha value is -5.35. The Kier molecular flexibility index (Phi) is 5.56. The third-order valence-corrected chi connectivity index (χ3v) is 7.97. The maximum absolute atomic E-state index is 5.17. The normalized spacial score (nSPS) is 17.7. The lowest BCUT2D eigenvalue weighted by Gasteiger charge is -2.25. The highest BCUT2D eigenvalue weighted by Crippen LogP contribution is 2.46. The van der Waals surface area contributed by atoms with Crippen LogP contribution in [-0.2, 0) is 0 Å². The second-order valence-corrected chi connectivity index (χ2v) is 10.5. The van der Waals surface area contributed by atoms with E-state index >= 15 is 0 Å². The van der Waals surface area contributed by atoms with Crippen LogP contribution < -0.4 is 10.6 Å². The molecule has 0 aromatic heterocycles. The summed E-state index contributed by atoms with van der Waals surface area (Å²) in [5.74, 6) is 1.03. The van der Waals surface area contributed by atoms with Crippen molar-refractivity contribution in [3.05, 3.63) is 162 Å². The molecule has 0 saturated carbocycles. The fraction of sp³-hybridized carbons (Fsp3) is 0.0541. The molecule has 0 fully saturated rings. The topological polar surface area (TPSA) is 49.2 Å². The molecule has 4 nitrogen and oxygen atoms in total. The predicted molar refractivity (Wildman–Crippen MR) is 169 cm³/mol. The zero-order chi connectivity index (χ0) is 27.2. The summed E-state index contributed by atoms with van der Waals surface area (Å²) >= 11 is 0. The van der Waals surface area contributed by atoms with E-state index in [1.54, 1.807) is 0 Å². The molecule has 2 aliphatic rings. The lowest BCUT2D eigenvalue weighted by atomic mass is 9.97. The number of hydrogen-bond acceptors (Lipinski definition) is 3. The van der Waals surface area contributed by atoms with Crippen molar-refractivity contribution in [3.63, 3.8) is 0 Å². The summed E-state index contributed by atoms with van der Waals surface area (Å²) < 4.78 is 5.15. The van der Waals surface area contributed by atoms with Crippen LogP contribution in [0.25, 0.3) is 27.2 Å². The number of anilines is 1. The number of benzene rings is 6. The molecule has 0 aliphatic carbocycles. The average Bonchev–Trinajstić information content (AvgIpc) is 3.50.